The summed E-state index contributed by atoms with van der Waals surface area (Å²) in [5, 5.41) is 6.55. The van der Waals surface area contributed by atoms with Crippen molar-refractivity contribution in [2.24, 2.45) is 0 Å². The molecule has 0 fully saturated rings. The molecule has 1 aromatic carbocycles. The zero-order chi connectivity index (χ0) is 18.5. The fraction of sp³-hybridized carbons (Fsp3) is 0.471. The van der Waals surface area contributed by atoms with Crippen LogP contribution in [-0.2, 0) is 26.5 Å². The summed E-state index contributed by atoms with van der Waals surface area (Å²) in [5.41, 5.74) is -0.222. The first kappa shape index (κ1) is 19.1. The number of hydrogen-bond acceptors (Lipinski definition) is 6. The fourth-order valence-corrected chi connectivity index (χ4v) is 3.30. The van der Waals surface area contributed by atoms with Gasteiger partial charge in [-0.2, -0.15) is 4.98 Å². The Balaban J connectivity index is 1.77. The molecule has 1 heterocycles. The monoisotopic (exact) mass is 365 g/mol. The van der Waals surface area contributed by atoms with Gasteiger partial charge in [0, 0.05) is 24.8 Å². The minimum atomic E-state index is -3.45. The Bertz CT molecular complexity index is 808. The van der Waals surface area contributed by atoms with Crippen molar-refractivity contribution < 1.29 is 17.7 Å². The minimum absolute atomic E-state index is 0.0866. The second-order valence-corrected chi connectivity index (χ2v) is 8.86. The third-order valence-electron chi connectivity index (χ3n) is 3.48. The van der Waals surface area contributed by atoms with Crippen LogP contribution in [0.5, 0.6) is 0 Å². The SMILES string of the molecule is CC(C)(C)c1nc(CCNC(=O)CCS(=O)(=O)c2ccccc2)no1. The molecule has 1 amide bonds. The predicted octanol–water partition coefficient (Wildman–Crippen LogP) is 1.89. The van der Waals surface area contributed by atoms with Gasteiger partial charge in [-0.25, -0.2) is 8.42 Å². The van der Waals surface area contributed by atoms with Crippen molar-refractivity contribution >= 4 is 15.7 Å². The fourth-order valence-electron chi connectivity index (χ4n) is 2.03. The van der Waals surface area contributed by atoms with Crippen molar-refractivity contribution in [1.82, 2.24) is 15.5 Å². The number of nitrogens with one attached hydrogen (secondary N) is 1. The van der Waals surface area contributed by atoms with Gasteiger partial charge in [0.1, 0.15) is 0 Å². The molecule has 0 aliphatic heterocycles. The Kier molecular flexibility index (Phi) is 5.94. The second kappa shape index (κ2) is 7.77. The molecule has 0 saturated heterocycles. The van der Waals surface area contributed by atoms with E-state index in [1.807, 2.05) is 20.8 Å². The minimum Gasteiger partial charge on any atom is -0.356 e. The molecule has 2 aromatic rings. The number of nitrogens with zero attached hydrogens (tertiary/aromatic N) is 2. The molecule has 7 nitrogen and oxygen atoms in total. The zero-order valence-corrected chi connectivity index (χ0v) is 15.5. The van der Waals surface area contributed by atoms with Crippen molar-refractivity contribution in [3.05, 3.63) is 42.0 Å². The lowest BCUT2D eigenvalue weighted by Crippen LogP contribution is -2.27. The number of sulfone groups is 1. The molecule has 136 valence electrons. The van der Waals surface area contributed by atoms with E-state index in [2.05, 4.69) is 15.5 Å². The van der Waals surface area contributed by atoms with Crippen LogP contribution in [0.4, 0.5) is 0 Å². The summed E-state index contributed by atoms with van der Waals surface area (Å²) in [6.07, 6.45) is 0.341. The summed E-state index contributed by atoms with van der Waals surface area (Å²) in [5.74, 6) is 0.517. The van der Waals surface area contributed by atoms with E-state index in [9.17, 15) is 13.2 Å². The number of carbonyl (C=O) groups is 1. The Morgan fingerprint density at radius 1 is 1.20 bits per heavy atom. The molecule has 1 N–H and O–H groups in total. The highest BCUT2D eigenvalue weighted by Gasteiger charge is 2.21. The molecule has 0 saturated carbocycles. The van der Waals surface area contributed by atoms with Crippen LogP contribution in [0.1, 0.15) is 38.9 Å². The maximum Gasteiger partial charge on any atom is 0.232 e. The molecule has 0 atom stereocenters. The van der Waals surface area contributed by atoms with E-state index in [1.165, 1.54) is 12.1 Å². The van der Waals surface area contributed by atoms with Crippen molar-refractivity contribution in [2.75, 3.05) is 12.3 Å². The molecule has 0 bridgehead atoms. The zero-order valence-electron chi connectivity index (χ0n) is 14.7. The predicted molar refractivity (Wildman–Crippen MR) is 92.8 cm³/mol. The van der Waals surface area contributed by atoms with Crippen LogP contribution >= 0.6 is 0 Å². The van der Waals surface area contributed by atoms with Gasteiger partial charge in [-0.1, -0.05) is 44.1 Å². The maximum atomic E-state index is 12.1. The Morgan fingerprint density at radius 2 is 1.88 bits per heavy atom. The van der Waals surface area contributed by atoms with Gasteiger partial charge in [0.05, 0.1) is 10.6 Å². The Labute approximate surface area is 147 Å². The Morgan fingerprint density at radius 3 is 2.48 bits per heavy atom. The summed E-state index contributed by atoms with van der Waals surface area (Å²) < 4.78 is 29.4. The van der Waals surface area contributed by atoms with E-state index in [4.69, 9.17) is 4.52 Å². The largest absolute Gasteiger partial charge is 0.356 e. The highest BCUT2D eigenvalue weighted by Crippen LogP contribution is 2.19. The first-order chi connectivity index (χ1) is 11.7. The molecule has 0 spiro atoms. The van der Waals surface area contributed by atoms with Crippen LogP contribution in [0.2, 0.25) is 0 Å². The molecule has 0 aliphatic rings. The number of amides is 1. The summed E-state index contributed by atoms with van der Waals surface area (Å²) in [6, 6.07) is 8.11. The second-order valence-electron chi connectivity index (χ2n) is 6.75. The van der Waals surface area contributed by atoms with Gasteiger partial charge < -0.3 is 9.84 Å². The quantitative estimate of drug-likeness (QED) is 0.804. The van der Waals surface area contributed by atoms with Gasteiger partial charge in [0.2, 0.25) is 11.8 Å². The number of benzene rings is 1. The lowest BCUT2D eigenvalue weighted by molar-refractivity contribution is -0.120. The molecule has 25 heavy (non-hydrogen) atoms. The van der Waals surface area contributed by atoms with Gasteiger partial charge in [-0.15, -0.1) is 0 Å². The van der Waals surface area contributed by atoms with E-state index in [0.29, 0.717) is 24.7 Å². The molecule has 1 aromatic heterocycles. The first-order valence-corrected chi connectivity index (χ1v) is 9.71. The van der Waals surface area contributed by atoms with Gasteiger partial charge in [-0.3, -0.25) is 4.79 Å². The number of carbonyl (C=O) groups excluding carboxylic acids is 1. The van der Waals surface area contributed by atoms with E-state index in [1.54, 1.807) is 18.2 Å². The smallest absolute Gasteiger partial charge is 0.232 e. The molecule has 0 unspecified atom stereocenters. The van der Waals surface area contributed by atoms with Gasteiger partial charge in [-0.05, 0) is 12.1 Å². The van der Waals surface area contributed by atoms with Gasteiger partial charge in [0.15, 0.2) is 15.7 Å². The standard InChI is InChI=1S/C17H23N3O4S/c1-17(2,3)16-19-14(20-24-16)9-11-18-15(21)10-12-25(22,23)13-7-5-4-6-8-13/h4-8H,9-12H2,1-3H3,(H,18,21). The first-order valence-electron chi connectivity index (χ1n) is 8.06. The van der Waals surface area contributed by atoms with E-state index < -0.39 is 9.84 Å². The van der Waals surface area contributed by atoms with E-state index in [-0.39, 0.29) is 28.4 Å². The van der Waals surface area contributed by atoms with Gasteiger partial charge >= 0.3 is 0 Å². The maximum absolute atomic E-state index is 12.1. The molecule has 8 heteroatoms. The third kappa shape index (κ3) is 5.67. The number of aromatic nitrogens is 2. The van der Waals surface area contributed by atoms with E-state index >= 15 is 0 Å². The summed E-state index contributed by atoms with van der Waals surface area (Å²) >= 11 is 0. The lowest BCUT2D eigenvalue weighted by atomic mass is 9.97. The molecular weight excluding hydrogens is 342 g/mol. The van der Waals surface area contributed by atoms with Crippen molar-refractivity contribution in [3.8, 4) is 0 Å². The van der Waals surface area contributed by atoms with Crippen LogP contribution < -0.4 is 5.32 Å². The number of hydrogen-bond donors (Lipinski definition) is 1. The molecule has 0 radical (unpaired) electrons. The Hall–Kier alpha value is -2.22. The third-order valence-corrected chi connectivity index (χ3v) is 5.21. The van der Waals surface area contributed by atoms with Crippen molar-refractivity contribution in [1.29, 1.82) is 0 Å². The number of rotatable bonds is 7. The molecule has 0 aliphatic carbocycles. The summed E-state index contributed by atoms with van der Waals surface area (Å²) in [7, 11) is -3.45. The van der Waals surface area contributed by atoms with Crippen molar-refractivity contribution in [2.45, 2.75) is 43.9 Å². The van der Waals surface area contributed by atoms with Crippen LogP contribution in [-0.4, -0.2) is 36.8 Å². The van der Waals surface area contributed by atoms with E-state index in [0.717, 1.165) is 0 Å². The van der Waals surface area contributed by atoms with Crippen LogP contribution in [0.25, 0.3) is 0 Å². The van der Waals surface area contributed by atoms with Crippen LogP contribution in [0.3, 0.4) is 0 Å². The summed E-state index contributed by atoms with van der Waals surface area (Å²) in [6.45, 7) is 6.24. The average Bonchev–Trinajstić information content (AvgIpc) is 3.03. The molecule has 2 rings (SSSR count). The van der Waals surface area contributed by atoms with Crippen LogP contribution in [0, 0.1) is 0 Å². The normalized spacial score (nSPS) is 12.1. The van der Waals surface area contributed by atoms with Crippen LogP contribution in [0.15, 0.2) is 39.8 Å². The highest BCUT2D eigenvalue weighted by molar-refractivity contribution is 7.91. The average molecular weight is 365 g/mol. The molecular formula is C17H23N3O4S. The van der Waals surface area contributed by atoms with Crippen molar-refractivity contribution in [3.63, 3.8) is 0 Å². The summed E-state index contributed by atoms with van der Waals surface area (Å²) in [4.78, 5) is 16.3. The topological polar surface area (TPSA) is 102 Å². The highest BCUT2D eigenvalue weighted by atomic mass is 32.2. The lowest BCUT2D eigenvalue weighted by Gasteiger charge is -2.10. The van der Waals surface area contributed by atoms with Gasteiger partial charge in [0.25, 0.3) is 0 Å².